The maximum atomic E-state index is 12.1. The third-order valence-corrected chi connectivity index (χ3v) is 3.29. The van der Waals surface area contributed by atoms with Gasteiger partial charge in [-0.2, -0.15) is 0 Å². The third kappa shape index (κ3) is 3.31. The molecule has 1 fully saturated rings. The van der Waals surface area contributed by atoms with E-state index >= 15 is 0 Å². The van der Waals surface area contributed by atoms with Gasteiger partial charge < -0.3 is 15.8 Å². The van der Waals surface area contributed by atoms with Crippen LogP contribution in [0.25, 0.3) is 0 Å². The highest BCUT2D eigenvalue weighted by atomic mass is 16.5. The van der Waals surface area contributed by atoms with Gasteiger partial charge in [0, 0.05) is 13.2 Å². The first-order valence-electron chi connectivity index (χ1n) is 6.44. The number of carbonyl (C=O) groups is 1. The van der Waals surface area contributed by atoms with Crippen molar-refractivity contribution in [3.8, 4) is 0 Å². The molecule has 18 heavy (non-hydrogen) atoms. The van der Waals surface area contributed by atoms with Gasteiger partial charge in [0.25, 0.3) is 0 Å². The molecule has 0 saturated carbocycles. The minimum absolute atomic E-state index is 0.0310. The van der Waals surface area contributed by atoms with Gasteiger partial charge in [-0.1, -0.05) is 30.3 Å². The number of hydrogen-bond donors (Lipinski definition) is 2. The van der Waals surface area contributed by atoms with Crippen LogP contribution in [0, 0.1) is 5.92 Å². The highest BCUT2D eigenvalue weighted by Gasteiger charge is 2.23. The summed E-state index contributed by atoms with van der Waals surface area (Å²) in [7, 11) is 0. The smallest absolute Gasteiger partial charge is 0.225 e. The summed E-state index contributed by atoms with van der Waals surface area (Å²) >= 11 is 0. The molecule has 3 N–H and O–H groups in total. The number of benzene rings is 1. The van der Waals surface area contributed by atoms with E-state index in [2.05, 4.69) is 5.32 Å². The predicted octanol–water partition coefficient (Wildman–Crippen LogP) is 1.23. The summed E-state index contributed by atoms with van der Waals surface area (Å²) in [6, 6.07) is 9.71. The Labute approximate surface area is 108 Å². The Balaban J connectivity index is 1.95. The third-order valence-electron chi connectivity index (χ3n) is 3.29. The molecule has 0 radical (unpaired) electrons. The fraction of sp³-hybridized carbons (Fsp3) is 0.500. The summed E-state index contributed by atoms with van der Waals surface area (Å²) in [6.45, 7) is 1.70. The Kier molecular flexibility index (Phi) is 4.73. The molecule has 1 aliphatic rings. The van der Waals surface area contributed by atoms with E-state index < -0.39 is 0 Å². The van der Waals surface area contributed by atoms with Crippen LogP contribution in [0.3, 0.4) is 0 Å². The van der Waals surface area contributed by atoms with Crippen molar-refractivity contribution in [3.63, 3.8) is 0 Å². The summed E-state index contributed by atoms with van der Waals surface area (Å²) in [4.78, 5) is 12.1. The second-order valence-electron chi connectivity index (χ2n) is 4.62. The van der Waals surface area contributed by atoms with Gasteiger partial charge in [0.05, 0.1) is 18.6 Å². The fourth-order valence-electron chi connectivity index (χ4n) is 2.20. The van der Waals surface area contributed by atoms with E-state index in [0.29, 0.717) is 13.2 Å². The van der Waals surface area contributed by atoms with Crippen LogP contribution in [0.4, 0.5) is 0 Å². The molecule has 0 bridgehead atoms. The Morgan fingerprint density at radius 2 is 2.22 bits per heavy atom. The van der Waals surface area contributed by atoms with Crippen LogP contribution in [-0.4, -0.2) is 25.7 Å². The first-order chi connectivity index (χ1) is 8.81. The minimum atomic E-state index is -0.111. The van der Waals surface area contributed by atoms with E-state index in [4.69, 9.17) is 10.5 Å². The zero-order valence-corrected chi connectivity index (χ0v) is 10.5. The zero-order chi connectivity index (χ0) is 12.8. The Morgan fingerprint density at radius 1 is 1.44 bits per heavy atom. The first kappa shape index (κ1) is 13.1. The number of rotatable bonds is 4. The molecule has 1 heterocycles. The maximum Gasteiger partial charge on any atom is 0.225 e. The highest BCUT2D eigenvalue weighted by molar-refractivity contribution is 5.79. The van der Waals surface area contributed by atoms with Crippen molar-refractivity contribution in [2.75, 3.05) is 19.8 Å². The van der Waals surface area contributed by atoms with Gasteiger partial charge in [-0.05, 0) is 18.4 Å². The van der Waals surface area contributed by atoms with E-state index in [1.807, 2.05) is 30.3 Å². The monoisotopic (exact) mass is 248 g/mol. The van der Waals surface area contributed by atoms with Gasteiger partial charge in [0.2, 0.25) is 5.91 Å². The lowest BCUT2D eigenvalue weighted by Crippen LogP contribution is -2.40. The predicted molar refractivity (Wildman–Crippen MR) is 69.9 cm³/mol. The topological polar surface area (TPSA) is 64.3 Å². The quantitative estimate of drug-likeness (QED) is 0.842. The summed E-state index contributed by atoms with van der Waals surface area (Å²) < 4.78 is 5.33. The molecule has 2 rings (SSSR count). The second-order valence-corrected chi connectivity index (χ2v) is 4.62. The lowest BCUT2D eigenvalue weighted by atomic mass is 10.00. The second kappa shape index (κ2) is 6.52. The summed E-state index contributed by atoms with van der Waals surface area (Å²) in [5.41, 5.74) is 6.78. The Bertz CT molecular complexity index is 375. The number of hydrogen-bond acceptors (Lipinski definition) is 3. The van der Waals surface area contributed by atoms with Gasteiger partial charge in [-0.25, -0.2) is 0 Å². The van der Waals surface area contributed by atoms with Crippen LogP contribution in [-0.2, 0) is 9.53 Å². The number of ether oxygens (including phenoxy) is 1. The van der Waals surface area contributed by atoms with Gasteiger partial charge in [-0.15, -0.1) is 0 Å². The summed E-state index contributed by atoms with van der Waals surface area (Å²) in [5.74, 6) is 0.0190. The average molecular weight is 248 g/mol. The molecule has 0 aliphatic carbocycles. The fourth-order valence-corrected chi connectivity index (χ4v) is 2.20. The molecule has 0 spiro atoms. The largest absolute Gasteiger partial charge is 0.381 e. The molecule has 2 unspecified atom stereocenters. The standard InChI is InChI=1S/C14H20N2O2/c15-9-13(11-5-2-1-3-6-11)16-14(17)12-7-4-8-18-10-12/h1-3,5-6,12-13H,4,7-10,15H2,(H,16,17). The molecule has 1 saturated heterocycles. The average Bonchev–Trinajstić information content (AvgIpc) is 2.46. The van der Waals surface area contributed by atoms with E-state index in [0.717, 1.165) is 25.0 Å². The van der Waals surface area contributed by atoms with Crippen molar-refractivity contribution in [1.29, 1.82) is 0 Å². The molecule has 1 aromatic carbocycles. The first-order valence-corrected chi connectivity index (χ1v) is 6.44. The van der Waals surface area contributed by atoms with Crippen LogP contribution in [0.5, 0.6) is 0 Å². The Hall–Kier alpha value is -1.39. The van der Waals surface area contributed by atoms with Crippen LogP contribution in [0.2, 0.25) is 0 Å². The molecule has 1 amide bonds. The van der Waals surface area contributed by atoms with Crippen LogP contribution in [0.1, 0.15) is 24.4 Å². The highest BCUT2D eigenvalue weighted by Crippen LogP contribution is 2.16. The summed E-state index contributed by atoms with van der Waals surface area (Å²) in [6.07, 6.45) is 1.86. The number of amides is 1. The SMILES string of the molecule is NCC(NC(=O)C1CCCOC1)c1ccccc1. The van der Waals surface area contributed by atoms with Crippen molar-refractivity contribution < 1.29 is 9.53 Å². The molecule has 0 aromatic heterocycles. The summed E-state index contributed by atoms with van der Waals surface area (Å²) in [5, 5.41) is 3.01. The molecule has 4 heteroatoms. The number of carbonyl (C=O) groups excluding carboxylic acids is 1. The molecule has 4 nitrogen and oxygen atoms in total. The number of nitrogens with one attached hydrogen (secondary N) is 1. The lowest BCUT2D eigenvalue weighted by Gasteiger charge is -2.24. The van der Waals surface area contributed by atoms with Crippen LogP contribution >= 0.6 is 0 Å². The molecule has 98 valence electrons. The van der Waals surface area contributed by atoms with E-state index in [9.17, 15) is 4.79 Å². The zero-order valence-electron chi connectivity index (χ0n) is 10.5. The van der Waals surface area contributed by atoms with E-state index in [-0.39, 0.29) is 17.9 Å². The van der Waals surface area contributed by atoms with Crippen LogP contribution < -0.4 is 11.1 Å². The van der Waals surface area contributed by atoms with Crippen molar-refractivity contribution in [2.45, 2.75) is 18.9 Å². The molecular weight excluding hydrogens is 228 g/mol. The Morgan fingerprint density at radius 3 is 2.83 bits per heavy atom. The molecular formula is C14H20N2O2. The van der Waals surface area contributed by atoms with Gasteiger partial charge in [0.1, 0.15) is 0 Å². The van der Waals surface area contributed by atoms with Crippen molar-refractivity contribution >= 4 is 5.91 Å². The maximum absolute atomic E-state index is 12.1. The molecule has 1 aliphatic heterocycles. The van der Waals surface area contributed by atoms with E-state index in [1.165, 1.54) is 0 Å². The van der Waals surface area contributed by atoms with E-state index in [1.54, 1.807) is 0 Å². The minimum Gasteiger partial charge on any atom is -0.381 e. The number of nitrogens with two attached hydrogens (primary N) is 1. The van der Waals surface area contributed by atoms with Gasteiger partial charge >= 0.3 is 0 Å². The van der Waals surface area contributed by atoms with Gasteiger partial charge in [-0.3, -0.25) is 4.79 Å². The van der Waals surface area contributed by atoms with Crippen molar-refractivity contribution in [1.82, 2.24) is 5.32 Å². The van der Waals surface area contributed by atoms with Crippen molar-refractivity contribution in [3.05, 3.63) is 35.9 Å². The lowest BCUT2D eigenvalue weighted by molar-refractivity contribution is -0.129. The van der Waals surface area contributed by atoms with Gasteiger partial charge in [0.15, 0.2) is 0 Å². The molecule has 2 atom stereocenters. The molecule has 1 aromatic rings. The normalized spacial score (nSPS) is 21.3. The van der Waals surface area contributed by atoms with Crippen LogP contribution in [0.15, 0.2) is 30.3 Å². The van der Waals surface area contributed by atoms with Crippen molar-refractivity contribution in [2.24, 2.45) is 11.7 Å².